The molecule has 98 valence electrons. The Morgan fingerprint density at radius 1 is 1.26 bits per heavy atom. The molecule has 0 saturated heterocycles. The van der Waals surface area contributed by atoms with Crippen LogP contribution in [0, 0.1) is 0 Å². The first-order valence-electron chi connectivity index (χ1n) is 5.95. The monoisotopic (exact) mass is 383 g/mol. The van der Waals surface area contributed by atoms with Crippen molar-refractivity contribution in [3.05, 3.63) is 51.9 Å². The van der Waals surface area contributed by atoms with Crippen molar-refractivity contribution in [2.45, 2.75) is 17.7 Å². The van der Waals surface area contributed by atoms with E-state index in [1.807, 2.05) is 18.2 Å². The second kappa shape index (κ2) is 5.13. The lowest BCUT2D eigenvalue weighted by molar-refractivity contribution is -0.116. The summed E-state index contributed by atoms with van der Waals surface area (Å²) in [5.74, 6) is 0.0909. The summed E-state index contributed by atoms with van der Waals surface area (Å²) in [6.45, 7) is 0. The van der Waals surface area contributed by atoms with Crippen LogP contribution < -0.4 is 5.32 Å². The third kappa shape index (κ3) is 2.49. The summed E-state index contributed by atoms with van der Waals surface area (Å²) in [7, 11) is 0. The Morgan fingerprint density at radius 2 is 2.11 bits per heavy atom. The van der Waals surface area contributed by atoms with E-state index in [1.54, 1.807) is 6.26 Å². The third-order valence-corrected chi connectivity index (χ3v) is 4.90. The van der Waals surface area contributed by atoms with Crippen molar-refractivity contribution in [2.75, 3.05) is 5.32 Å². The van der Waals surface area contributed by atoms with Gasteiger partial charge in [-0.1, -0.05) is 28.1 Å². The van der Waals surface area contributed by atoms with Crippen molar-refractivity contribution in [2.24, 2.45) is 0 Å². The van der Waals surface area contributed by atoms with Gasteiger partial charge in [0.1, 0.15) is 0 Å². The largest absolute Gasteiger partial charge is 0.457 e. The first-order chi connectivity index (χ1) is 9.15. The SMILES string of the molecule is O=C1CCc2cc(C(Br)c3ccoc3Br)ccc2N1. The number of fused-ring (bicyclic) bond motifs is 1. The molecule has 3 nitrogen and oxygen atoms in total. The molecular formula is C14H11Br2NO2. The van der Waals surface area contributed by atoms with Crippen molar-refractivity contribution >= 4 is 43.5 Å². The van der Waals surface area contributed by atoms with E-state index in [0.717, 1.165) is 27.9 Å². The number of amides is 1. The molecule has 1 aliphatic rings. The van der Waals surface area contributed by atoms with Gasteiger partial charge < -0.3 is 9.73 Å². The Labute approximate surface area is 127 Å². The third-order valence-electron chi connectivity index (χ3n) is 3.24. The fraction of sp³-hybridized carbons (Fsp3) is 0.214. The quantitative estimate of drug-likeness (QED) is 0.779. The molecular weight excluding hydrogens is 374 g/mol. The normalized spacial score (nSPS) is 15.8. The molecule has 2 heterocycles. The van der Waals surface area contributed by atoms with Gasteiger partial charge in [-0.05, 0) is 45.6 Å². The number of halogens is 2. The fourth-order valence-electron chi connectivity index (χ4n) is 2.23. The zero-order chi connectivity index (χ0) is 13.4. The molecule has 1 aliphatic heterocycles. The number of hydrogen-bond donors (Lipinski definition) is 1. The molecule has 0 radical (unpaired) electrons. The Morgan fingerprint density at radius 3 is 2.84 bits per heavy atom. The Hall–Kier alpha value is -1.07. The lowest BCUT2D eigenvalue weighted by atomic mass is 9.98. The molecule has 0 bridgehead atoms. The second-order valence-corrected chi connectivity index (χ2v) is 6.11. The highest BCUT2D eigenvalue weighted by atomic mass is 79.9. The number of benzene rings is 1. The van der Waals surface area contributed by atoms with Crippen LogP contribution in [0.1, 0.15) is 27.9 Å². The average molecular weight is 385 g/mol. The van der Waals surface area contributed by atoms with Crippen molar-refractivity contribution in [3.8, 4) is 0 Å². The van der Waals surface area contributed by atoms with Crippen LogP contribution >= 0.6 is 31.9 Å². The highest BCUT2D eigenvalue weighted by molar-refractivity contribution is 9.10. The smallest absolute Gasteiger partial charge is 0.224 e. The summed E-state index contributed by atoms with van der Waals surface area (Å²) >= 11 is 7.08. The highest BCUT2D eigenvalue weighted by Crippen LogP contribution is 2.37. The van der Waals surface area contributed by atoms with Crippen molar-refractivity contribution in [1.82, 2.24) is 0 Å². The van der Waals surface area contributed by atoms with Crippen LogP contribution in [0.25, 0.3) is 0 Å². The molecule has 1 unspecified atom stereocenters. The van der Waals surface area contributed by atoms with Gasteiger partial charge in [0.2, 0.25) is 5.91 Å². The molecule has 3 rings (SSSR count). The summed E-state index contributed by atoms with van der Waals surface area (Å²) in [5.41, 5.74) is 4.31. The van der Waals surface area contributed by atoms with Gasteiger partial charge in [-0.25, -0.2) is 0 Å². The summed E-state index contributed by atoms with van der Waals surface area (Å²) in [5, 5.41) is 2.89. The maximum absolute atomic E-state index is 11.3. The van der Waals surface area contributed by atoms with E-state index in [4.69, 9.17) is 4.42 Å². The van der Waals surface area contributed by atoms with Crippen LogP contribution in [0.4, 0.5) is 5.69 Å². The minimum absolute atomic E-state index is 0.0727. The Kier molecular flexibility index (Phi) is 3.50. The first kappa shape index (κ1) is 12.9. The number of nitrogens with one attached hydrogen (secondary N) is 1. The molecule has 1 aromatic carbocycles. The zero-order valence-corrected chi connectivity index (χ0v) is 13.1. The minimum atomic E-state index is 0.0727. The number of alkyl halides is 1. The summed E-state index contributed by atoms with van der Waals surface area (Å²) in [6, 6.07) is 8.05. The van der Waals surface area contributed by atoms with Gasteiger partial charge in [0.25, 0.3) is 0 Å². The zero-order valence-electron chi connectivity index (χ0n) is 9.95. The molecule has 0 saturated carbocycles. The average Bonchev–Trinajstić information content (AvgIpc) is 2.83. The molecule has 1 atom stereocenters. The molecule has 5 heteroatoms. The molecule has 0 spiro atoms. The summed E-state index contributed by atoms with van der Waals surface area (Å²) in [6.07, 6.45) is 3.01. The van der Waals surface area contributed by atoms with E-state index in [1.165, 1.54) is 5.56 Å². The van der Waals surface area contributed by atoms with E-state index < -0.39 is 0 Å². The highest BCUT2D eigenvalue weighted by Gasteiger charge is 2.19. The number of carbonyl (C=O) groups is 1. The van der Waals surface area contributed by atoms with Crippen LogP contribution in [-0.4, -0.2) is 5.91 Å². The van der Waals surface area contributed by atoms with Gasteiger partial charge in [-0.15, -0.1) is 0 Å². The van der Waals surface area contributed by atoms with Crippen LogP contribution in [-0.2, 0) is 11.2 Å². The van der Waals surface area contributed by atoms with Crippen molar-refractivity contribution < 1.29 is 9.21 Å². The minimum Gasteiger partial charge on any atom is -0.457 e. The number of furan rings is 1. The number of rotatable bonds is 2. The molecule has 19 heavy (non-hydrogen) atoms. The fourth-order valence-corrected chi connectivity index (χ4v) is 3.65. The summed E-state index contributed by atoms with van der Waals surface area (Å²) < 4.78 is 6.00. The maximum atomic E-state index is 11.3. The Balaban J connectivity index is 1.94. The maximum Gasteiger partial charge on any atom is 0.224 e. The number of aryl methyl sites for hydroxylation is 1. The second-order valence-electron chi connectivity index (χ2n) is 4.48. The van der Waals surface area contributed by atoms with Crippen LogP contribution in [0.2, 0.25) is 0 Å². The lowest BCUT2D eigenvalue weighted by Crippen LogP contribution is -2.19. The van der Waals surface area contributed by atoms with Gasteiger partial charge in [0, 0.05) is 17.7 Å². The lowest BCUT2D eigenvalue weighted by Gasteiger charge is -2.19. The van der Waals surface area contributed by atoms with Gasteiger partial charge in [-0.2, -0.15) is 0 Å². The topological polar surface area (TPSA) is 42.2 Å². The van der Waals surface area contributed by atoms with Crippen molar-refractivity contribution in [1.29, 1.82) is 0 Å². The van der Waals surface area contributed by atoms with Gasteiger partial charge >= 0.3 is 0 Å². The number of anilines is 1. The van der Waals surface area contributed by atoms with E-state index in [9.17, 15) is 4.79 Å². The number of carbonyl (C=O) groups excluding carboxylic acids is 1. The molecule has 2 aromatic rings. The van der Waals surface area contributed by atoms with E-state index in [-0.39, 0.29) is 10.7 Å². The van der Waals surface area contributed by atoms with Gasteiger partial charge in [0.05, 0.1) is 11.1 Å². The van der Waals surface area contributed by atoms with Crippen LogP contribution in [0.5, 0.6) is 0 Å². The van der Waals surface area contributed by atoms with E-state index >= 15 is 0 Å². The number of hydrogen-bond acceptors (Lipinski definition) is 2. The van der Waals surface area contributed by atoms with Crippen molar-refractivity contribution in [3.63, 3.8) is 0 Å². The molecule has 1 N–H and O–H groups in total. The van der Waals surface area contributed by atoms with Crippen LogP contribution in [0.3, 0.4) is 0 Å². The predicted molar refractivity (Wildman–Crippen MR) is 80.6 cm³/mol. The van der Waals surface area contributed by atoms with E-state index in [2.05, 4.69) is 43.2 Å². The van der Waals surface area contributed by atoms with Crippen LogP contribution in [0.15, 0.2) is 39.6 Å². The summed E-state index contributed by atoms with van der Waals surface area (Å²) in [4.78, 5) is 11.4. The molecule has 1 amide bonds. The molecule has 1 aromatic heterocycles. The predicted octanol–water partition coefficient (Wildman–Crippen LogP) is 4.41. The van der Waals surface area contributed by atoms with Gasteiger partial charge in [0.15, 0.2) is 4.67 Å². The van der Waals surface area contributed by atoms with Gasteiger partial charge in [-0.3, -0.25) is 4.79 Å². The molecule has 0 aliphatic carbocycles. The first-order valence-corrected chi connectivity index (χ1v) is 7.65. The Bertz CT molecular complexity index is 636. The molecule has 0 fully saturated rings. The standard InChI is InChI=1S/C14H11Br2NO2/c15-13(10-5-6-19-14(10)16)9-1-3-11-8(7-9)2-4-12(18)17-11/h1,3,5-7,13H,2,4H2,(H,17,18). The van der Waals surface area contributed by atoms with E-state index in [0.29, 0.717) is 6.42 Å².